The zero-order chi connectivity index (χ0) is 23.2. The number of benzene rings is 3. The molecule has 2 heterocycles. The SMILES string of the molecule is CCN(CC)c1ccc2c(c1)Oc1ccc(N(CC)CC)cc1C21OC(=O)c2ccccc21. The van der Waals surface area contributed by atoms with Gasteiger partial charge in [-0.1, -0.05) is 18.2 Å². The minimum Gasteiger partial charge on any atom is -0.456 e. The molecule has 0 aromatic heterocycles. The van der Waals surface area contributed by atoms with Crippen LogP contribution in [0.3, 0.4) is 0 Å². The van der Waals surface area contributed by atoms with E-state index in [1.54, 1.807) is 0 Å². The normalized spacial score (nSPS) is 17.6. The summed E-state index contributed by atoms with van der Waals surface area (Å²) in [6.45, 7) is 12.2. The lowest BCUT2D eigenvalue weighted by atomic mass is 9.77. The van der Waals surface area contributed by atoms with Crippen LogP contribution in [0.25, 0.3) is 0 Å². The van der Waals surface area contributed by atoms with Crippen molar-refractivity contribution in [2.75, 3.05) is 36.0 Å². The van der Waals surface area contributed by atoms with Gasteiger partial charge in [-0.3, -0.25) is 0 Å². The quantitative estimate of drug-likeness (QED) is 0.442. The summed E-state index contributed by atoms with van der Waals surface area (Å²) in [4.78, 5) is 17.6. The van der Waals surface area contributed by atoms with E-state index in [1.165, 1.54) is 0 Å². The molecule has 0 saturated carbocycles. The van der Waals surface area contributed by atoms with Crippen LogP contribution in [-0.4, -0.2) is 32.1 Å². The van der Waals surface area contributed by atoms with Gasteiger partial charge in [0.15, 0.2) is 5.60 Å². The van der Waals surface area contributed by atoms with Gasteiger partial charge in [0, 0.05) is 60.3 Å². The van der Waals surface area contributed by atoms with Crippen molar-refractivity contribution in [3.8, 4) is 11.5 Å². The summed E-state index contributed by atoms with van der Waals surface area (Å²) >= 11 is 0. The van der Waals surface area contributed by atoms with E-state index in [0.29, 0.717) is 5.56 Å². The second kappa shape index (κ2) is 8.14. The fourth-order valence-corrected chi connectivity index (χ4v) is 5.22. The van der Waals surface area contributed by atoms with E-state index in [1.807, 2.05) is 30.3 Å². The number of hydrogen-bond donors (Lipinski definition) is 0. The van der Waals surface area contributed by atoms with Crippen molar-refractivity contribution < 1.29 is 14.3 Å². The van der Waals surface area contributed by atoms with Gasteiger partial charge in [0.2, 0.25) is 0 Å². The van der Waals surface area contributed by atoms with E-state index < -0.39 is 5.60 Å². The number of fused-ring (bicyclic) bond motifs is 6. The standard InChI is InChI=1S/C28H30N2O3/c1-5-29(6-2)19-14-16-25-24(17-19)28(22-12-10-9-11-21(22)27(31)33-28)23-15-13-20(18-26(23)32-25)30(7-3)8-4/h9-18H,5-8H2,1-4H3. The zero-order valence-electron chi connectivity index (χ0n) is 19.7. The number of anilines is 2. The van der Waals surface area contributed by atoms with Gasteiger partial charge in [-0.15, -0.1) is 0 Å². The minimum atomic E-state index is -1.03. The van der Waals surface area contributed by atoms with Crippen LogP contribution in [0.4, 0.5) is 11.4 Å². The highest BCUT2D eigenvalue weighted by Gasteiger charge is 2.53. The highest BCUT2D eigenvalue weighted by atomic mass is 16.6. The molecule has 2 aliphatic rings. The predicted octanol–water partition coefficient (Wildman–Crippen LogP) is 5.95. The first-order valence-electron chi connectivity index (χ1n) is 11.9. The second-order valence-electron chi connectivity index (χ2n) is 8.42. The molecule has 33 heavy (non-hydrogen) atoms. The van der Waals surface area contributed by atoms with Crippen LogP contribution >= 0.6 is 0 Å². The molecule has 1 atom stereocenters. The largest absolute Gasteiger partial charge is 0.456 e. The van der Waals surface area contributed by atoms with Crippen molar-refractivity contribution in [2.45, 2.75) is 33.3 Å². The van der Waals surface area contributed by atoms with Crippen LogP contribution in [0.5, 0.6) is 11.5 Å². The first-order chi connectivity index (χ1) is 16.1. The van der Waals surface area contributed by atoms with Crippen molar-refractivity contribution >= 4 is 17.3 Å². The molecule has 5 nitrogen and oxygen atoms in total. The van der Waals surface area contributed by atoms with Crippen molar-refractivity contribution in [2.24, 2.45) is 0 Å². The monoisotopic (exact) mass is 442 g/mol. The molecular formula is C28H30N2O3. The summed E-state index contributed by atoms with van der Waals surface area (Å²) in [6, 6.07) is 20.1. The van der Waals surface area contributed by atoms with Crippen LogP contribution < -0.4 is 14.5 Å². The summed E-state index contributed by atoms with van der Waals surface area (Å²) in [5.41, 5.74) is 4.36. The number of carbonyl (C=O) groups is 1. The van der Waals surface area contributed by atoms with Crippen LogP contribution in [0, 0.1) is 0 Å². The minimum absolute atomic E-state index is 0.300. The third kappa shape index (κ3) is 3.10. The number of carbonyl (C=O) groups excluding carboxylic acids is 1. The van der Waals surface area contributed by atoms with Crippen molar-refractivity contribution in [1.82, 2.24) is 0 Å². The fraction of sp³-hybridized carbons (Fsp3) is 0.321. The molecule has 170 valence electrons. The highest BCUT2D eigenvalue weighted by Crippen LogP contribution is 2.57. The predicted molar refractivity (Wildman–Crippen MR) is 132 cm³/mol. The lowest BCUT2D eigenvalue weighted by molar-refractivity contribution is 0.0224. The van der Waals surface area contributed by atoms with Crippen LogP contribution in [0.1, 0.15) is 54.7 Å². The lowest BCUT2D eigenvalue weighted by Crippen LogP contribution is -2.34. The Balaban J connectivity index is 1.78. The average Bonchev–Trinajstić information content (AvgIpc) is 3.14. The second-order valence-corrected chi connectivity index (χ2v) is 8.42. The number of esters is 1. The molecule has 5 heteroatoms. The van der Waals surface area contributed by atoms with E-state index in [-0.39, 0.29) is 5.97 Å². The van der Waals surface area contributed by atoms with Gasteiger partial charge in [-0.25, -0.2) is 4.79 Å². The van der Waals surface area contributed by atoms with Gasteiger partial charge in [0.25, 0.3) is 0 Å². The Morgan fingerprint density at radius 2 is 1.33 bits per heavy atom. The summed E-state index contributed by atoms with van der Waals surface area (Å²) in [5.74, 6) is 1.15. The summed E-state index contributed by atoms with van der Waals surface area (Å²) in [5, 5.41) is 0. The maximum Gasteiger partial charge on any atom is 0.340 e. The maximum absolute atomic E-state index is 13.1. The van der Waals surface area contributed by atoms with E-state index in [4.69, 9.17) is 9.47 Å². The molecule has 5 rings (SSSR count). The van der Waals surface area contributed by atoms with E-state index in [9.17, 15) is 4.79 Å². The molecule has 3 aromatic rings. The first-order valence-corrected chi connectivity index (χ1v) is 11.9. The molecule has 0 amide bonds. The number of hydrogen-bond acceptors (Lipinski definition) is 5. The molecule has 3 aromatic carbocycles. The van der Waals surface area contributed by atoms with E-state index in [2.05, 4.69) is 67.8 Å². The Kier molecular flexibility index (Phi) is 5.28. The Hall–Kier alpha value is -3.47. The molecule has 0 fully saturated rings. The first kappa shape index (κ1) is 21.4. The number of nitrogens with zero attached hydrogens (tertiary/aromatic N) is 2. The molecule has 0 saturated heterocycles. The van der Waals surface area contributed by atoms with Crippen molar-refractivity contribution in [3.05, 3.63) is 82.9 Å². The third-order valence-electron chi connectivity index (χ3n) is 6.94. The van der Waals surface area contributed by atoms with Crippen LogP contribution in [-0.2, 0) is 10.3 Å². The summed E-state index contributed by atoms with van der Waals surface area (Å²) < 4.78 is 12.8. The van der Waals surface area contributed by atoms with Gasteiger partial charge in [0.1, 0.15) is 11.5 Å². The molecule has 0 radical (unpaired) electrons. The summed E-state index contributed by atoms with van der Waals surface area (Å²) in [6.07, 6.45) is 0. The van der Waals surface area contributed by atoms with Gasteiger partial charge < -0.3 is 19.3 Å². The lowest BCUT2D eigenvalue weighted by Gasteiger charge is -2.38. The van der Waals surface area contributed by atoms with Gasteiger partial charge >= 0.3 is 5.97 Å². The average molecular weight is 443 g/mol. The molecule has 0 N–H and O–H groups in total. The van der Waals surface area contributed by atoms with E-state index in [0.717, 1.165) is 65.7 Å². The molecule has 2 aliphatic heterocycles. The van der Waals surface area contributed by atoms with Crippen molar-refractivity contribution in [1.29, 1.82) is 0 Å². The van der Waals surface area contributed by atoms with Crippen LogP contribution in [0.15, 0.2) is 60.7 Å². The molecule has 0 aliphatic carbocycles. The number of rotatable bonds is 6. The topological polar surface area (TPSA) is 42.0 Å². The maximum atomic E-state index is 13.1. The Morgan fingerprint density at radius 3 is 2.03 bits per heavy atom. The Bertz CT molecular complexity index is 1210. The smallest absolute Gasteiger partial charge is 0.340 e. The molecule has 1 unspecified atom stereocenters. The molecular weight excluding hydrogens is 412 g/mol. The Morgan fingerprint density at radius 1 is 0.697 bits per heavy atom. The fourth-order valence-electron chi connectivity index (χ4n) is 5.22. The van der Waals surface area contributed by atoms with Gasteiger partial charge in [-0.2, -0.15) is 0 Å². The number of ether oxygens (including phenoxy) is 2. The van der Waals surface area contributed by atoms with Crippen LogP contribution in [0.2, 0.25) is 0 Å². The van der Waals surface area contributed by atoms with Gasteiger partial charge in [0.05, 0.1) is 5.56 Å². The Labute approximate surface area is 195 Å². The van der Waals surface area contributed by atoms with E-state index >= 15 is 0 Å². The summed E-state index contributed by atoms with van der Waals surface area (Å²) in [7, 11) is 0. The third-order valence-corrected chi connectivity index (χ3v) is 6.94. The molecule has 1 spiro atoms. The van der Waals surface area contributed by atoms with Gasteiger partial charge in [-0.05, 0) is 64.1 Å². The zero-order valence-corrected chi connectivity index (χ0v) is 19.7. The van der Waals surface area contributed by atoms with Crippen molar-refractivity contribution in [3.63, 3.8) is 0 Å². The highest BCUT2D eigenvalue weighted by molar-refractivity contribution is 5.97. The molecule has 0 bridgehead atoms.